The summed E-state index contributed by atoms with van der Waals surface area (Å²) < 4.78 is 0. The van der Waals surface area contributed by atoms with Crippen molar-refractivity contribution in [2.45, 2.75) is 70.8 Å². The van der Waals surface area contributed by atoms with Gasteiger partial charge in [0.25, 0.3) is 0 Å². The Bertz CT molecular complexity index is 184. The number of hydrogen-bond acceptors (Lipinski definition) is 1. The third-order valence-electron chi connectivity index (χ3n) is 4.44. The minimum absolute atomic E-state index is 0.00331. The van der Waals surface area contributed by atoms with Crippen LogP contribution in [0.5, 0.6) is 0 Å². The quantitative estimate of drug-likeness (QED) is 0.732. The smallest absolute Gasteiger partial charge is 0.0545 e. The van der Waals surface area contributed by atoms with E-state index in [2.05, 4.69) is 6.92 Å². The lowest BCUT2D eigenvalue weighted by molar-refractivity contribution is 0.157. The fourth-order valence-electron chi connectivity index (χ4n) is 3.37. The molecule has 1 N–H and O–H groups in total. The third kappa shape index (κ3) is 2.50. The summed E-state index contributed by atoms with van der Waals surface area (Å²) in [5.74, 6) is 1.02. The number of rotatable bonds is 3. The van der Waals surface area contributed by atoms with E-state index in [9.17, 15) is 5.11 Å². The van der Waals surface area contributed by atoms with E-state index < -0.39 is 0 Å². The van der Waals surface area contributed by atoms with Crippen LogP contribution in [0, 0.1) is 11.3 Å². The SMILES string of the molecule is CC1(CCC2CCCC2)CCC(O)C1. The molecule has 0 heterocycles. The van der Waals surface area contributed by atoms with Crippen molar-refractivity contribution in [3.8, 4) is 0 Å². The zero-order valence-corrected chi connectivity index (χ0v) is 9.47. The number of aliphatic hydroxyl groups excluding tert-OH is 1. The van der Waals surface area contributed by atoms with Crippen LogP contribution in [0.15, 0.2) is 0 Å². The molecule has 2 aliphatic carbocycles. The molecule has 0 aromatic heterocycles. The highest BCUT2D eigenvalue weighted by molar-refractivity contribution is 4.86. The molecule has 1 heteroatoms. The summed E-state index contributed by atoms with van der Waals surface area (Å²) >= 11 is 0. The highest BCUT2D eigenvalue weighted by Gasteiger charge is 2.34. The average molecular weight is 196 g/mol. The fourth-order valence-corrected chi connectivity index (χ4v) is 3.37. The van der Waals surface area contributed by atoms with Gasteiger partial charge in [0.1, 0.15) is 0 Å². The fraction of sp³-hybridized carbons (Fsp3) is 1.00. The zero-order valence-electron chi connectivity index (χ0n) is 9.47. The highest BCUT2D eigenvalue weighted by Crippen LogP contribution is 2.43. The van der Waals surface area contributed by atoms with Crippen LogP contribution in [0.4, 0.5) is 0 Å². The lowest BCUT2D eigenvalue weighted by Crippen LogP contribution is -2.14. The molecule has 0 saturated heterocycles. The summed E-state index contributed by atoms with van der Waals surface area (Å²) in [5.41, 5.74) is 0.474. The van der Waals surface area contributed by atoms with Crippen LogP contribution >= 0.6 is 0 Å². The molecule has 0 aliphatic heterocycles. The molecule has 0 amide bonds. The molecule has 0 bridgehead atoms. The molecule has 2 aliphatic rings. The second-order valence-corrected chi connectivity index (χ2v) is 5.90. The molecule has 2 atom stereocenters. The topological polar surface area (TPSA) is 20.2 Å². The first kappa shape index (κ1) is 10.5. The van der Waals surface area contributed by atoms with E-state index in [0.717, 1.165) is 18.8 Å². The molecule has 0 aromatic rings. The summed E-state index contributed by atoms with van der Waals surface area (Å²) in [6.45, 7) is 2.37. The number of hydrogen-bond donors (Lipinski definition) is 1. The number of aliphatic hydroxyl groups is 1. The second kappa shape index (κ2) is 4.22. The normalized spacial score (nSPS) is 39.4. The van der Waals surface area contributed by atoms with Crippen molar-refractivity contribution in [2.24, 2.45) is 11.3 Å². The standard InChI is InChI=1S/C13H24O/c1-13(9-7-12(14)10-13)8-6-11-4-2-3-5-11/h11-12,14H,2-10H2,1H3. The molecule has 82 valence electrons. The molecule has 2 unspecified atom stereocenters. The van der Waals surface area contributed by atoms with Gasteiger partial charge >= 0.3 is 0 Å². The molecular weight excluding hydrogens is 172 g/mol. The minimum atomic E-state index is 0.00331. The van der Waals surface area contributed by atoms with Crippen LogP contribution in [-0.2, 0) is 0 Å². The first-order chi connectivity index (χ1) is 6.68. The maximum Gasteiger partial charge on any atom is 0.0545 e. The van der Waals surface area contributed by atoms with Gasteiger partial charge in [-0.2, -0.15) is 0 Å². The Morgan fingerprint density at radius 3 is 2.50 bits per heavy atom. The maximum absolute atomic E-state index is 9.56. The summed E-state index contributed by atoms with van der Waals surface area (Å²) in [6, 6.07) is 0. The molecule has 2 saturated carbocycles. The van der Waals surface area contributed by atoms with E-state index in [1.54, 1.807) is 0 Å². The maximum atomic E-state index is 9.56. The van der Waals surface area contributed by atoms with E-state index in [1.807, 2.05) is 0 Å². The van der Waals surface area contributed by atoms with Crippen molar-refractivity contribution < 1.29 is 5.11 Å². The summed E-state index contributed by atoms with van der Waals surface area (Å²) in [7, 11) is 0. The lowest BCUT2D eigenvalue weighted by atomic mass is 9.81. The van der Waals surface area contributed by atoms with E-state index in [1.165, 1.54) is 44.9 Å². The lowest BCUT2D eigenvalue weighted by Gasteiger charge is -2.25. The zero-order chi connectivity index (χ0) is 10.0. The van der Waals surface area contributed by atoms with Gasteiger partial charge in [0.2, 0.25) is 0 Å². The van der Waals surface area contributed by atoms with E-state index >= 15 is 0 Å². The summed E-state index contributed by atoms with van der Waals surface area (Å²) in [5, 5.41) is 9.56. The van der Waals surface area contributed by atoms with Crippen LogP contribution in [-0.4, -0.2) is 11.2 Å². The van der Waals surface area contributed by atoms with Crippen molar-refractivity contribution >= 4 is 0 Å². The Morgan fingerprint density at radius 2 is 1.93 bits per heavy atom. The largest absolute Gasteiger partial charge is 0.393 e. The second-order valence-electron chi connectivity index (χ2n) is 5.90. The van der Waals surface area contributed by atoms with Gasteiger partial charge < -0.3 is 5.11 Å². The Balaban J connectivity index is 1.73. The summed E-state index contributed by atoms with van der Waals surface area (Å²) in [6.07, 6.45) is 12.0. The molecular formula is C13H24O. The third-order valence-corrected chi connectivity index (χ3v) is 4.44. The molecule has 0 spiro atoms. The minimum Gasteiger partial charge on any atom is -0.393 e. The van der Waals surface area contributed by atoms with Gasteiger partial charge in [0.05, 0.1) is 6.10 Å². The van der Waals surface area contributed by atoms with Gasteiger partial charge in [0, 0.05) is 0 Å². The molecule has 2 fully saturated rings. The van der Waals surface area contributed by atoms with Crippen LogP contribution in [0.3, 0.4) is 0 Å². The Labute approximate surface area is 87.9 Å². The molecule has 0 radical (unpaired) electrons. The molecule has 0 aromatic carbocycles. The van der Waals surface area contributed by atoms with Crippen molar-refractivity contribution in [3.05, 3.63) is 0 Å². The van der Waals surface area contributed by atoms with Gasteiger partial charge in [-0.1, -0.05) is 32.6 Å². The Morgan fingerprint density at radius 1 is 1.21 bits per heavy atom. The molecule has 2 rings (SSSR count). The van der Waals surface area contributed by atoms with Crippen molar-refractivity contribution in [3.63, 3.8) is 0 Å². The van der Waals surface area contributed by atoms with Crippen LogP contribution in [0.25, 0.3) is 0 Å². The van der Waals surface area contributed by atoms with Crippen molar-refractivity contribution in [1.29, 1.82) is 0 Å². The van der Waals surface area contributed by atoms with Crippen molar-refractivity contribution in [2.75, 3.05) is 0 Å². The summed E-state index contributed by atoms with van der Waals surface area (Å²) in [4.78, 5) is 0. The van der Waals surface area contributed by atoms with Gasteiger partial charge in [-0.25, -0.2) is 0 Å². The predicted molar refractivity (Wildman–Crippen MR) is 59.2 cm³/mol. The van der Waals surface area contributed by atoms with E-state index in [-0.39, 0.29) is 6.10 Å². The van der Waals surface area contributed by atoms with Crippen LogP contribution in [0.2, 0.25) is 0 Å². The van der Waals surface area contributed by atoms with E-state index in [4.69, 9.17) is 0 Å². The Hall–Kier alpha value is -0.0400. The first-order valence-corrected chi connectivity index (χ1v) is 6.36. The molecule has 14 heavy (non-hydrogen) atoms. The van der Waals surface area contributed by atoms with Crippen LogP contribution < -0.4 is 0 Å². The average Bonchev–Trinajstić information content (AvgIpc) is 2.73. The monoisotopic (exact) mass is 196 g/mol. The van der Waals surface area contributed by atoms with Crippen molar-refractivity contribution in [1.82, 2.24) is 0 Å². The van der Waals surface area contributed by atoms with Crippen LogP contribution in [0.1, 0.15) is 64.7 Å². The van der Waals surface area contributed by atoms with Gasteiger partial charge in [-0.15, -0.1) is 0 Å². The molecule has 1 nitrogen and oxygen atoms in total. The highest BCUT2D eigenvalue weighted by atomic mass is 16.3. The van der Waals surface area contributed by atoms with Gasteiger partial charge in [0.15, 0.2) is 0 Å². The van der Waals surface area contributed by atoms with Gasteiger partial charge in [-0.3, -0.25) is 0 Å². The van der Waals surface area contributed by atoms with Gasteiger partial charge in [-0.05, 0) is 43.4 Å². The first-order valence-electron chi connectivity index (χ1n) is 6.36. The Kier molecular flexibility index (Phi) is 3.16. The van der Waals surface area contributed by atoms with E-state index in [0.29, 0.717) is 5.41 Å². The predicted octanol–water partition coefficient (Wildman–Crippen LogP) is 3.51.